The zero-order valence-electron chi connectivity index (χ0n) is 14.2. The number of amides is 1. The van der Waals surface area contributed by atoms with Gasteiger partial charge in [0.15, 0.2) is 0 Å². The number of hydrogen-bond donors (Lipinski definition) is 0. The molecule has 1 saturated heterocycles. The van der Waals surface area contributed by atoms with E-state index in [9.17, 15) is 4.79 Å². The van der Waals surface area contributed by atoms with Crippen LogP contribution in [0.4, 0.5) is 4.79 Å². The molecule has 5 heteroatoms. The lowest BCUT2D eigenvalue weighted by Gasteiger charge is -2.24. The molecule has 0 spiro atoms. The van der Waals surface area contributed by atoms with Crippen LogP contribution in [-0.2, 0) is 4.74 Å². The van der Waals surface area contributed by atoms with Crippen molar-refractivity contribution in [2.75, 3.05) is 19.7 Å². The third-order valence-corrected chi connectivity index (χ3v) is 3.48. The maximum absolute atomic E-state index is 12.0. The van der Waals surface area contributed by atoms with Gasteiger partial charge in [0.2, 0.25) is 0 Å². The molecule has 0 bridgehead atoms. The van der Waals surface area contributed by atoms with E-state index in [0.717, 1.165) is 30.1 Å². The third-order valence-electron chi connectivity index (χ3n) is 3.48. The van der Waals surface area contributed by atoms with Gasteiger partial charge >= 0.3 is 6.09 Å². The summed E-state index contributed by atoms with van der Waals surface area (Å²) >= 11 is 0. The maximum atomic E-state index is 12.0. The number of likely N-dealkylation sites (tertiary alicyclic amines) is 1. The number of carbonyl (C=O) groups is 1. The Morgan fingerprint density at radius 1 is 1.32 bits per heavy atom. The zero-order valence-corrected chi connectivity index (χ0v) is 14.2. The third kappa shape index (κ3) is 4.90. The summed E-state index contributed by atoms with van der Waals surface area (Å²) in [5, 5.41) is 0. The Morgan fingerprint density at radius 3 is 2.55 bits per heavy atom. The molecule has 1 atom stereocenters. The minimum Gasteiger partial charge on any atom is -0.493 e. The van der Waals surface area contributed by atoms with Gasteiger partial charge in [0.25, 0.3) is 0 Å². The zero-order chi connectivity index (χ0) is 16.3. The molecule has 0 N–H and O–H groups in total. The second kappa shape index (κ2) is 6.55. The molecule has 1 aromatic rings. The van der Waals surface area contributed by atoms with E-state index in [2.05, 4.69) is 4.98 Å². The first-order chi connectivity index (χ1) is 10.2. The lowest BCUT2D eigenvalue weighted by atomic mass is 10.1. The van der Waals surface area contributed by atoms with Crippen LogP contribution < -0.4 is 4.74 Å². The molecule has 2 rings (SSSR count). The van der Waals surface area contributed by atoms with Crippen LogP contribution in [0, 0.1) is 19.8 Å². The van der Waals surface area contributed by atoms with E-state index in [1.54, 1.807) is 4.90 Å². The van der Waals surface area contributed by atoms with Crippen molar-refractivity contribution in [1.29, 1.82) is 0 Å². The molecule has 0 aliphatic carbocycles. The van der Waals surface area contributed by atoms with Gasteiger partial charge in [0.1, 0.15) is 11.4 Å². The molecular formula is C17H26N2O3. The van der Waals surface area contributed by atoms with Crippen molar-refractivity contribution >= 4 is 6.09 Å². The van der Waals surface area contributed by atoms with Gasteiger partial charge < -0.3 is 14.4 Å². The Labute approximate surface area is 132 Å². The van der Waals surface area contributed by atoms with E-state index in [0.29, 0.717) is 19.1 Å². The number of nitrogens with zero attached hydrogens (tertiary/aromatic N) is 2. The van der Waals surface area contributed by atoms with Crippen LogP contribution in [0.5, 0.6) is 5.75 Å². The van der Waals surface area contributed by atoms with Crippen LogP contribution in [0.25, 0.3) is 0 Å². The van der Waals surface area contributed by atoms with Gasteiger partial charge in [-0.3, -0.25) is 4.98 Å². The van der Waals surface area contributed by atoms with Gasteiger partial charge in [-0.15, -0.1) is 0 Å². The number of aryl methyl sites for hydroxylation is 2. The number of ether oxygens (including phenoxy) is 2. The first-order valence-electron chi connectivity index (χ1n) is 7.79. The van der Waals surface area contributed by atoms with Crippen LogP contribution in [-0.4, -0.2) is 41.3 Å². The second-order valence-corrected chi connectivity index (χ2v) is 6.98. The largest absolute Gasteiger partial charge is 0.493 e. The summed E-state index contributed by atoms with van der Waals surface area (Å²) in [5.74, 6) is 1.20. The Morgan fingerprint density at radius 2 is 1.95 bits per heavy atom. The topological polar surface area (TPSA) is 51.7 Å². The SMILES string of the molecule is Cc1cc(OCC2CCN(C(=O)OC(C)(C)C)C2)cc(C)n1. The molecule has 0 radical (unpaired) electrons. The average molecular weight is 306 g/mol. The van der Waals surface area contributed by atoms with Crippen LogP contribution in [0.3, 0.4) is 0 Å². The smallest absolute Gasteiger partial charge is 0.410 e. The fraction of sp³-hybridized carbons (Fsp3) is 0.647. The van der Waals surface area contributed by atoms with E-state index in [4.69, 9.17) is 9.47 Å². The first-order valence-corrected chi connectivity index (χ1v) is 7.79. The van der Waals surface area contributed by atoms with Crippen molar-refractivity contribution < 1.29 is 14.3 Å². The van der Waals surface area contributed by atoms with Crippen molar-refractivity contribution in [1.82, 2.24) is 9.88 Å². The number of aromatic nitrogens is 1. The highest BCUT2D eigenvalue weighted by Gasteiger charge is 2.30. The van der Waals surface area contributed by atoms with Gasteiger partial charge in [0.05, 0.1) is 6.61 Å². The molecule has 1 amide bonds. The van der Waals surface area contributed by atoms with E-state index in [1.165, 1.54) is 0 Å². The molecule has 0 saturated carbocycles. The normalized spacial score (nSPS) is 18.4. The molecule has 122 valence electrons. The fourth-order valence-corrected chi connectivity index (χ4v) is 2.55. The van der Waals surface area contributed by atoms with Crippen molar-refractivity contribution in [3.05, 3.63) is 23.5 Å². The molecular weight excluding hydrogens is 280 g/mol. The van der Waals surface area contributed by atoms with Gasteiger partial charge in [-0.25, -0.2) is 4.79 Å². The molecule has 2 heterocycles. The summed E-state index contributed by atoms with van der Waals surface area (Å²) in [5.41, 5.74) is 1.46. The van der Waals surface area contributed by atoms with Crippen LogP contribution >= 0.6 is 0 Å². The summed E-state index contributed by atoms with van der Waals surface area (Å²) in [6.07, 6.45) is 0.716. The minimum absolute atomic E-state index is 0.231. The number of hydrogen-bond acceptors (Lipinski definition) is 4. The monoisotopic (exact) mass is 306 g/mol. The minimum atomic E-state index is -0.447. The lowest BCUT2D eigenvalue weighted by Crippen LogP contribution is -2.35. The van der Waals surface area contributed by atoms with Gasteiger partial charge in [-0.05, 0) is 41.0 Å². The van der Waals surface area contributed by atoms with E-state index >= 15 is 0 Å². The summed E-state index contributed by atoms with van der Waals surface area (Å²) in [6.45, 7) is 11.6. The molecule has 1 aromatic heterocycles. The Bertz CT molecular complexity index is 517. The van der Waals surface area contributed by atoms with E-state index < -0.39 is 5.60 Å². The predicted octanol–water partition coefficient (Wildman–Crippen LogP) is 3.33. The van der Waals surface area contributed by atoms with Crippen LogP contribution in [0.1, 0.15) is 38.6 Å². The molecule has 1 fully saturated rings. The summed E-state index contributed by atoms with van der Waals surface area (Å²) in [6, 6.07) is 3.88. The van der Waals surface area contributed by atoms with Gasteiger partial charge in [-0.1, -0.05) is 0 Å². The second-order valence-electron chi connectivity index (χ2n) is 6.98. The van der Waals surface area contributed by atoms with Crippen molar-refractivity contribution in [2.24, 2.45) is 5.92 Å². The Hall–Kier alpha value is -1.78. The Balaban J connectivity index is 1.82. The fourth-order valence-electron chi connectivity index (χ4n) is 2.55. The highest BCUT2D eigenvalue weighted by molar-refractivity contribution is 5.68. The molecule has 0 aromatic carbocycles. The highest BCUT2D eigenvalue weighted by Crippen LogP contribution is 2.21. The first kappa shape index (κ1) is 16.6. The Kier molecular flexibility index (Phi) is 4.94. The summed E-state index contributed by atoms with van der Waals surface area (Å²) in [4.78, 5) is 18.1. The summed E-state index contributed by atoms with van der Waals surface area (Å²) in [7, 11) is 0. The molecule has 1 aliphatic rings. The van der Waals surface area contributed by atoms with Crippen molar-refractivity contribution in [3.63, 3.8) is 0 Å². The maximum Gasteiger partial charge on any atom is 0.410 e. The van der Waals surface area contributed by atoms with Crippen LogP contribution in [0.2, 0.25) is 0 Å². The van der Waals surface area contributed by atoms with E-state index in [-0.39, 0.29) is 6.09 Å². The van der Waals surface area contributed by atoms with Crippen molar-refractivity contribution in [3.8, 4) is 5.75 Å². The highest BCUT2D eigenvalue weighted by atomic mass is 16.6. The molecule has 5 nitrogen and oxygen atoms in total. The predicted molar refractivity (Wildman–Crippen MR) is 85.1 cm³/mol. The van der Waals surface area contributed by atoms with Crippen LogP contribution in [0.15, 0.2) is 12.1 Å². The number of carbonyl (C=O) groups excluding carboxylic acids is 1. The quantitative estimate of drug-likeness (QED) is 0.859. The number of rotatable bonds is 3. The van der Waals surface area contributed by atoms with Gasteiger partial charge in [0, 0.05) is 42.5 Å². The molecule has 1 aliphatic heterocycles. The standard InChI is InChI=1S/C17H26N2O3/c1-12-8-15(9-13(2)18-12)21-11-14-6-7-19(10-14)16(20)22-17(3,4)5/h8-9,14H,6-7,10-11H2,1-5H3. The van der Waals surface area contributed by atoms with Gasteiger partial charge in [-0.2, -0.15) is 0 Å². The van der Waals surface area contributed by atoms with E-state index in [1.807, 2.05) is 46.8 Å². The molecule has 1 unspecified atom stereocenters. The lowest BCUT2D eigenvalue weighted by molar-refractivity contribution is 0.0285. The van der Waals surface area contributed by atoms with Crippen molar-refractivity contribution in [2.45, 2.75) is 46.6 Å². The summed E-state index contributed by atoms with van der Waals surface area (Å²) < 4.78 is 11.3. The average Bonchev–Trinajstić information content (AvgIpc) is 2.82. The number of pyridine rings is 1. The molecule has 22 heavy (non-hydrogen) atoms.